The standard InChI is InChI=1S/C19H32N4O/c1-19(2,3)16-13-23-12-15(5-6-17(23)22-16)21-18(24)7-4-14-8-10-20-11-9-14/h13-15,20H,4-12H2,1-3H3,(H,21,24). The number of aryl methyl sites for hydroxylation is 1. The highest BCUT2D eigenvalue weighted by Gasteiger charge is 2.25. The molecular formula is C19H32N4O. The van der Waals surface area contributed by atoms with Gasteiger partial charge in [0.25, 0.3) is 0 Å². The molecule has 5 heteroatoms. The molecule has 1 atom stereocenters. The fourth-order valence-corrected chi connectivity index (χ4v) is 3.73. The molecule has 1 fully saturated rings. The lowest BCUT2D eigenvalue weighted by Gasteiger charge is -2.26. The lowest BCUT2D eigenvalue weighted by Crippen LogP contribution is -2.41. The van der Waals surface area contributed by atoms with Crippen molar-refractivity contribution in [3.63, 3.8) is 0 Å². The lowest BCUT2D eigenvalue weighted by atomic mass is 9.93. The Morgan fingerprint density at radius 3 is 2.79 bits per heavy atom. The van der Waals surface area contributed by atoms with E-state index < -0.39 is 0 Å². The van der Waals surface area contributed by atoms with Crippen LogP contribution >= 0.6 is 0 Å². The first kappa shape index (κ1) is 17.5. The van der Waals surface area contributed by atoms with E-state index in [1.165, 1.54) is 18.7 Å². The number of nitrogens with one attached hydrogen (secondary N) is 2. The number of fused-ring (bicyclic) bond motifs is 1. The molecule has 0 aliphatic carbocycles. The number of piperidine rings is 1. The third kappa shape index (κ3) is 4.38. The molecule has 3 heterocycles. The summed E-state index contributed by atoms with van der Waals surface area (Å²) in [6.45, 7) is 9.66. The van der Waals surface area contributed by atoms with E-state index in [1.54, 1.807) is 0 Å². The van der Waals surface area contributed by atoms with E-state index >= 15 is 0 Å². The van der Waals surface area contributed by atoms with Gasteiger partial charge in [0.1, 0.15) is 5.82 Å². The molecule has 1 saturated heterocycles. The van der Waals surface area contributed by atoms with Crippen molar-refractivity contribution in [2.75, 3.05) is 13.1 Å². The number of hydrogen-bond donors (Lipinski definition) is 2. The van der Waals surface area contributed by atoms with Crippen molar-refractivity contribution >= 4 is 5.91 Å². The normalized spacial score (nSPS) is 22.2. The van der Waals surface area contributed by atoms with E-state index in [1.807, 2.05) is 0 Å². The van der Waals surface area contributed by atoms with Crippen molar-refractivity contribution in [1.29, 1.82) is 0 Å². The molecule has 0 spiro atoms. The highest BCUT2D eigenvalue weighted by molar-refractivity contribution is 5.76. The van der Waals surface area contributed by atoms with Crippen LogP contribution in [0.25, 0.3) is 0 Å². The van der Waals surface area contributed by atoms with Crippen LogP contribution in [0.1, 0.15) is 64.4 Å². The summed E-state index contributed by atoms with van der Waals surface area (Å²) in [4.78, 5) is 17.1. The molecule has 5 nitrogen and oxygen atoms in total. The van der Waals surface area contributed by atoms with Crippen molar-refractivity contribution in [2.45, 2.75) is 77.3 Å². The summed E-state index contributed by atoms with van der Waals surface area (Å²) in [5.74, 6) is 2.11. The highest BCUT2D eigenvalue weighted by Crippen LogP contribution is 2.24. The number of carbonyl (C=O) groups excluding carboxylic acids is 1. The Labute approximate surface area is 145 Å². The van der Waals surface area contributed by atoms with Gasteiger partial charge in [0.05, 0.1) is 5.69 Å². The minimum absolute atomic E-state index is 0.0813. The fraction of sp³-hybridized carbons (Fsp3) is 0.789. The first-order valence-electron chi connectivity index (χ1n) is 9.48. The number of carbonyl (C=O) groups is 1. The second-order valence-corrected chi connectivity index (χ2v) is 8.48. The van der Waals surface area contributed by atoms with Gasteiger partial charge in [0, 0.05) is 37.0 Å². The molecule has 2 aliphatic rings. The van der Waals surface area contributed by atoms with Crippen LogP contribution in [0.15, 0.2) is 6.20 Å². The molecule has 0 bridgehead atoms. The molecule has 134 valence electrons. The molecule has 3 rings (SSSR count). The Hall–Kier alpha value is -1.36. The molecule has 2 aliphatic heterocycles. The average Bonchev–Trinajstić information content (AvgIpc) is 2.97. The summed E-state index contributed by atoms with van der Waals surface area (Å²) in [6, 6.07) is 0.250. The Balaban J connectivity index is 1.48. The Kier molecular flexibility index (Phi) is 5.28. The molecular weight excluding hydrogens is 300 g/mol. The molecule has 1 aromatic rings. The van der Waals surface area contributed by atoms with Gasteiger partial charge in [-0.3, -0.25) is 4.79 Å². The second kappa shape index (κ2) is 7.26. The topological polar surface area (TPSA) is 59.0 Å². The van der Waals surface area contributed by atoms with E-state index in [0.717, 1.165) is 50.5 Å². The maximum absolute atomic E-state index is 12.3. The van der Waals surface area contributed by atoms with E-state index in [9.17, 15) is 4.79 Å². The minimum atomic E-state index is 0.0813. The third-order valence-electron chi connectivity index (χ3n) is 5.36. The van der Waals surface area contributed by atoms with Gasteiger partial charge in [-0.2, -0.15) is 0 Å². The quantitative estimate of drug-likeness (QED) is 0.890. The summed E-state index contributed by atoms with van der Waals surface area (Å²) in [5, 5.41) is 6.62. The number of rotatable bonds is 4. The monoisotopic (exact) mass is 332 g/mol. The molecule has 2 N–H and O–H groups in total. The van der Waals surface area contributed by atoms with Gasteiger partial charge in [-0.05, 0) is 44.7 Å². The molecule has 1 aromatic heterocycles. The van der Waals surface area contributed by atoms with E-state index in [2.05, 4.69) is 42.2 Å². The predicted octanol–water partition coefficient (Wildman–Crippen LogP) is 2.39. The van der Waals surface area contributed by atoms with Gasteiger partial charge < -0.3 is 15.2 Å². The van der Waals surface area contributed by atoms with Crippen LogP contribution < -0.4 is 10.6 Å². The number of amides is 1. The molecule has 1 amide bonds. The second-order valence-electron chi connectivity index (χ2n) is 8.48. The fourth-order valence-electron chi connectivity index (χ4n) is 3.73. The van der Waals surface area contributed by atoms with E-state index in [0.29, 0.717) is 6.42 Å². The number of hydrogen-bond acceptors (Lipinski definition) is 3. The van der Waals surface area contributed by atoms with Crippen LogP contribution in [-0.2, 0) is 23.2 Å². The van der Waals surface area contributed by atoms with Gasteiger partial charge in [-0.15, -0.1) is 0 Å². The number of nitrogens with zero attached hydrogens (tertiary/aromatic N) is 2. The van der Waals surface area contributed by atoms with E-state index in [-0.39, 0.29) is 17.4 Å². The van der Waals surface area contributed by atoms with Gasteiger partial charge in [0.2, 0.25) is 5.91 Å². The summed E-state index contributed by atoms with van der Waals surface area (Å²) in [5.41, 5.74) is 1.23. The van der Waals surface area contributed by atoms with Gasteiger partial charge in [0.15, 0.2) is 0 Å². The molecule has 0 aromatic carbocycles. The summed E-state index contributed by atoms with van der Waals surface area (Å²) in [6.07, 6.45) is 8.25. The molecule has 24 heavy (non-hydrogen) atoms. The van der Waals surface area contributed by atoms with Crippen molar-refractivity contribution < 1.29 is 4.79 Å². The van der Waals surface area contributed by atoms with Crippen LogP contribution in [0, 0.1) is 5.92 Å². The zero-order valence-corrected chi connectivity index (χ0v) is 15.4. The molecule has 1 unspecified atom stereocenters. The van der Waals surface area contributed by atoms with Crippen LogP contribution in [0.5, 0.6) is 0 Å². The van der Waals surface area contributed by atoms with Gasteiger partial charge in [-0.1, -0.05) is 20.8 Å². The zero-order chi connectivity index (χ0) is 17.2. The van der Waals surface area contributed by atoms with Crippen molar-refractivity contribution in [1.82, 2.24) is 20.2 Å². The van der Waals surface area contributed by atoms with Crippen molar-refractivity contribution in [3.8, 4) is 0 Å². The highest BCUT2D eigenvalue weighted by atomic mass is 16.1. The number of aromatic nitrogens is 2. The lowest BCUT2D eigenvalue weighted by molar-refractivity contribution is -0.122. The number of imidazole rings is 1. The minimum Gasteiger partial charge on any atom is -0.352 e. The summed E-state index contributed by atoms with van der Waals surface area (Å²) in [7, 11) is 0. The maximum atomic E-state index is 12.3. The van der Waals surface area contributed by atoms with Crippen molar-refractivity contribution in [3.05, 3.63) is 17.7 Å². The first-order valence-corrected chi connectivity index (χ1v) is 9.48. The smallest absolute Gasteiger partial charge is 0.220 e. The third-order valence-corrected chi connectivity index (χ3v) is 5.36. The Morgan fingerprint density at radius 1 is 1.33 bits per heavy atom. The van der Waals surface area contributed by atoms with Crippen LogP contribution in [0.2, 0.25) is 0 Å². The summed E-state index contributed by atoms with van der Waals surface area (Å²) >= 11 is 0. The van der Waals surface area contributed by atoms with Gasteiger partial charge >= 0.3 is 0 Å². The Bertz CT molecular complexity index is 566. The summed E-state index contributed by atoms with van der Waals surface area (Å²) < 4.78 is 2.24. The van der Waals surface area contributed by atoms with Gasteiger partial charge in [-0.25, -0.2) is 4.98 Å². The zero-order valence-electron chi connectivity index (χ0n) is 15.4. The maximum Gasteiger partial charge on any atom is 0.220 e. The SMILES string of the molecule is CC(C)(C)c1cn2c(n1)CCC(NC(=O)CCC1CCNCC1)C2. The van der Waals surface area contributed by atoms with Crippen LogP contribution in [-0.4, -0.2) is 34.6 Å². The predicted molar refractivity (Wildman–Crippen MR) is 96.0 cm³/mol. The molecule has 0 radical (unpaired) electrons. The first-order chi connectivity index (χ1) is 11.4. The average molecular weight is 332 g/mol. The van der Waals surface area contributed by atoms with Crippen LogP contribution in [0.3, 0.4) is 0 Å². The molecule has 0 saturated carbocycles. The Morgan fingerprint density at radius 2 is 2.08 bits per heavy atom. The van der Waals surface area contributed by atoms with E-state index in [4.69, 9.17) is 4.98 Å². The van der Waals surface area contributed by atoms with Crippen molar-refractivity contribution in [2.24, 2.45) is 5.92 Å². The largest absolute Gasteiger partial charge is 0.352 e. The van der Waals surface area contributed by atoms with Crippen LogP contribution in [0.4, 0.5) is 0 Å².